The van der Waals surface area contributed by atoms with Crippen LogP contribution >= 0.6 is 22.9 Å². The lowest BCUT2D eigenvalue weighted by Crippen LogP contribution is -2.27. The molecule has 0 fully saturated rings. The monoisotopic (exact) mass is 479 g/mol. The lowest BCUT2D eigenvalue weighted by atomic mass is 10.2. The number of benzene rings is 2. The number of esters is 1. The number of ether oxygens (including phenoxy) is 2. The van der Waals surface area contributed by atoms with Crippen LogP contribution < -0.4 is 9.04 Å². The molecule has 10 heteroatoms. The Kier molecular flexibility index (Phi) is 6.99. The van der Waals surface area contributed by atoms with Gasteiger partial charge < -0.3 is 9.47 Å². The van der Waals surface area contributed by atoms with Crippen molar-refractivity contribution in [3.05, 3.63) is 75.4 Å². The molecule has 0 aliphatic rings. The minimum atomic E-state index is -3.89. The standard InChI is InChI=1S/C21H18ClNO6S2/c1-23(16-5-3-4-6-18(16)28-2)31(26,27)15-9-7-14(8-10-15)21(25)29-13-17(24)19-11-12-20(22)30-19/h3-12H,13H2,1-2H3. The van der Waals surface area contributed by atoms with E-state index < -0.39 is 22.6 Å². The van der Waals surface area contributed by atoms with Crippen molar-refractivity contribution in [1.29, 1.82) is 0 Å². The first-order chi connectivity index (χ1) is 14.7. The molecule has 0 unspecified atom stereocenters. The quantitative estimate of drug-likeness (QED) is 0.354. The molecule has 0 radical (unpaired) electrons. The summed E-state index contributed by atoms with van der Waals surface area (Å²) in [6.45, 7) is -0.438. The summed E-state index contributed by atoms with van der Waals surface area (Å²) in [4.78, 5) is 24.6. The van der Waals surface area contributed by atoms with Crippen molar-refractivity contribution < 1.29 is 27.5 Å². The molecular formula is C21H18ClNO6S2. The van der Waals surface area contributed by atoms with E-state index in [-0.39, 0.29) is 16.2 Å². The van der Waals surface area contributed by atoms with E-state index in [2.05, 4.69) is 0 Å². The number of hydrogen-bond donors (Lipinski definition) is 0. The van der Waals surface area contributed by atoms with Crippen LogP contribution in [0.25, 0.3) is 0 Å². The lowest BCUT2D eigenvalue weighted by Gasteiger charge is -2.21. The molecule has 162 valence electrons. The first kappa shape index (κ1) is 22.8. The number of carbonyl (C=O) groups excluding carboxylic acids is 2. The minimum Gasteiger partial charge on any atom is -0.495 e. The molecular weight excluding hydrogens is 462 g/mol. The van der Waals surface area contributed by atoms with E-state index in [0.717, 1.165) is 15.6 Å². The fourth-order valence-electron chi connectivity index (χ4n) is 2.69. The first-order valence-electron chi connectivity index (χ1n) is 8.91. The van der Waals surface area contributed by atoms with Crippen LogP contribution in [0, 0.1) is 0 Å². The summed E-state index contributed by atoms with van der Waals surface area (Å²) in [5, 5.41) is 0. The van der Waals surface area contributed by atoms with Crippen LogP contribution in [0.2, 0.25) is 4.34 Å². The maximum Gasteiger partial charge on any atom is 0.338 e. The third-order valence-corrected chi connectivity index (χ3v) is 7.41. The first-order valence-corrected chi connectivity index (χ1v) is 11.5. The Bertz CT molecular complexity index is 1200. The van der Waals surface area contributed by atoms with Gasteiger partial charge in [0.25, 0.3) is 10.0 Å². The fourth-order valence-corrected chi connectivity index (χ4v) is 4.86. The topological polar surface area (TPSA) is 90.0 Å². The predicted octanol–water partition coefficient (Wildman–Crippen LogP) is 4.27. The van der Waals surface area contributed by atoms with Gasteiger partial charge in [0.15, 0.2) is 6.61 Å². The molecule has 0 saturated heterocycles. The number of ketones is 1. The van der Waals surface area contributed by atoms with E-state index in [1.165, 1.54) is 38.4 Å². The molecule has 7 nitrogen and oxygen atoms in total. The van der Waals surface area contributed by atoms with E-state index in [9.17, 15) is 18.0 Å². The van der Waals surface area contributed by atoms with Crippen LogP contribution in [0.1, 0.15) is 20.0 Å². The highest BCUT2D eigenvalue weighted by molar-refractivity contribution is 7.92. The number of thiophene rings is 1. The Morgan fingerprint density at radius 3 is 2.32 bits per heavy atom. The van der Waals surface area contributed by atoms with Gasteiger partial charge in [0.1, 0.15) is 5.75 Å². The van der Waals surface area contributed by atoms with Crippen molar-refractivity contribution in [3.8, 4) is 5.75 Å². The number of carbonyl (C=O) groups is 2. The molecule has 0 amide bonds. The second kappa shape index (κ2) is 9.51. The van der Waals surface area contributed by atoms with Crippen LogP contribution in [0.15, 0.2) is 65.6 Å². The van der Waals surface area contributed by atoms with Gasteiger partial charge in [-0.15, -0.1) is 11.3 Å². The fraction of sp³-hybridized carbons (Fsp3) is 0.143. The summed E-state index contributed by atoms with van der Waals surface area (Å²) < 4.78 is 37.7. The molecule has 0 spiro atoms. The molecule has 0 aliphatic carbocycles. The zero-order valence-electron chi connectivity index (χ0n) is 16.6. The van der Waals surface area contributed by atoms with E-state index in [1.54, 1.807) is 36.4 Å². The van der Waals surface area contributed by atoms with Crippen LogP contribution in [0.3, 0.4) is 0 Å². The number of anilines is 1. The Morgan fingerprint density at radius 1 is 1.03 bits per heavy atom. The van der Waals surface area contributed by atoms with Crippen molar-refractivity contribution >= 4 is 50.4 Å². The third kappa shape index (κ3) is 5.07. The smallest absolute Gasteiger partial charge is 0.338 e. The molecule has 3 rings (SSSR count). The molecule has 0 aliphatic heterocycles. The van der Waals surface area contributed by atoms with Gasteiger partial charge in [-0.1, -0.05) is 23.7 Å². The summed E-state index contributed by atoms with van der Waals surface area (Å²) in [5.74, 6) is -0.702. The van der Waals surface area contributed by atoms with Crippen molar-refractivity contribution in [3.63, 3.8) is 0 Å². The number of methoxy groups -OCH3 is 1. The zero-order valence-corrected chi connectivity index (χ0v) is 19.0. The second-order valence-corrected chi connectivity index (χ2v) is 9.96. The molecule has 0 saturated carbocycles. The number of hydrogen-bond acceptors (Lipinski definition) is 7. The van der Waals surface area contributed by atoms with Crippen molar-refractivity contribution in [1.82, 2.24) is 0 Å². The number of rotatable bonds is 8. The van der Waals surface area contributed by atoms with E-state index in [0.29, 0.717) is 20.7 Å². The number of halogens is 1. The highest BCUT2D eigenvalue weighted by Crippen LogP contribution is 2.31. The average Bonchev–Trinajstić information content (AvgIpc) is 3.23. The van der Waals surface area contributed by atoms with Gasteiger partial charge in [-0.3, -0.25) is 9.10 Å². The van der Waals surface area contributed by atoms with Crippen molar-refractivity contribution in [2.45, 2.75) is 4.90 Å². The van der Waals surface area contributed by atoms with Gasteiger partial charge in [-0.25, -0.2) is 13.2 Å². The number of sulfonamides is 1. The highest BCUT2D eigenvalue weighted by atomic mass is 35.5. The van der Waals surface area contributed by atoms with E-state index >= 15 is 0 Å². The predicted molar refractivity (Wildman–Crippen MR) is 119 cm³/mol. The Balaban J connectivity index is 1.71. The Morgan fingerprint density at radius 2 is 1.71 bits per heavy atom. The van der Waals surface area contributed by atoms with Gasteiger partial charge in [-0.2, -0.15) is 0 Å². The molecule has 1 aromatic heterocycles. The van der Waals surface area contributed by atoms with Crippen LogP contribution in [0.5, 0.6) is 5.75 Å². The summed E-state index contributed by atoms with van der Waals surface area (Å²) in [6, 6.07) is 15.1. The zero-order chi connectivity index (χ0) is 22.6. The normalized spacial score (nSPS) is 11.1. The molecule has 31 heavy (non-hydrogen) atoms. The molecule has 1 heterocycles. The summed E-state index contributed by atoms with van der Waals surface area (Å²) in [7, 11) is -1.02. The second-order valence-electron chi connectivity index (χ2n) is 6.27. The average molecular weight is 480 g/mol. The summed E-state index contributed by atoms with van der Waals surface area (Å²) >= 11 is 6.89. The summed E-state index contributed by atoms with van der Waals surface area (Å²) in [6.07, 6.45) is 0. The van der Waals surface area contributed by atoms with Crippen LogP contribution in [-0.2, 0) is 14.8 Å². The van der Waals surface area contributed by atoms with Gasteiger partial charge in [0.2, 0.25) is 5.78 Å². The minimum absolute atomic E-state index is 0.0123. The largest absolute Gasteiger partial charge is 0.495 e. The molecule has 3 aromatic rings. The van der Waals surface area contributed by atoms with Gasteiger partial charge in [0, 0.05) is 7.05 Å². The maximum absolute atomic E-state index is 13.0. The number of nitrogens with zero attached hydrogens (tertiary/aromatic N) is 1. The van der Waals surface area contributed by atoms with Gasteiger partial charge >= 0.3 is 5.97 Å². The Labute approximate surface area is 188 Å². The highest BCUT2D eigenvalue weighted by Gasteiger charge is 2.24. The SMILES string of the molecule is COc1ccccc1N(C)S(=O)(=O)c1ccc(C(=O)OCC(=O)c2ccc(Cl)s2)cc1. The number of para-hydroxylation sites is 2. The molecule has 0 N–H and O–H groups in total. The maximum atomic E-state index is 13.0. The molecule has 0 atom stereocenters. The lowest BCUT2D eigenvalue weighted by molar-refractivity contribution is 0.0475. The van der Waals surface area contributed by atoms with Crippen LogP contribution in [-0.4, -0.2) is 40.9 Å². The van der Waals surface area contributed by atoms with Gasteiger partial charge in [-0.05, 0) is 48.5 Å². The number of Topliss-reactive ketones (excluding diaryl/α,β-unsaturated/α-hetero) is 1. The molecule has 2 aromatic carbocycles. The van der Waals surface area contributed by atoms with E-state index in [4.69, 9.17) is 21.1 Å². The van der Waals surface area contributed by atoms with Crippen LogP contribution in [0.4, 0.5) is 5.69 Å². The van der Waals surface area contributed by atoms with E-state index in [1.807, 2.05) is 0 Å². The van der Waals surface area contributed by atoms with Crippen molar-refractivity contribution in [2.75, 3.05) is 25.1 Å². The molecule has 0 bridgehead atoms. The van der Waals surface area contributed by atoms with Gasteiger partial charge in [0.05, 0.1) is 32.5 Å². The Hall–Kier alpha value is -2.88. The third-order valence-electron chi connectivity index (χ3n) is 4.36. The van der Waals surface area contributed by atoms with Crippen molar-refractivity contribution in [2.24, 2.45) is 0 Å². The summed E-state index contributed by atoms with van der Waals surface area (Å²) in [5.41, 5.74) is 0.497.